The molecular formula is C37H42F3N5O6S3. The summed E-state index contributed by atoms with van der Waals surface area (Å²) in [5, 5.41) is 3.36. The summed E-state index contributed by atoms with van der Waals surface area (Å²) >= 11 is 2.14. The zero-order valence-electron chi connectivity index (χ0n) is 30.1. The number of nitrogens with zero attached hydrogens (tertiary/aromatic N) is 4. The fraction of sp³-hybridized carbons (Fsp3) is 0.568. The van der Waals surface area contributed by atoms with Gasteiger partial charge in [-0.05, 0) is 77.6 Å². The second kappa shape index (κ2) is 14.4. The van der Waals surface area contributed by atoms with Crippen molar-refractivity contribution in [2.75, 3.05) is 13.6 Å². The molecule has 1 aliphatic heterocycles. The van der Waals surface area contributed by atoms with Crippen LogP contribution >= 0.6 is 22.7 Å². The Morgan fingerprint density at radius 2 is 1.72 bits per heavy atom. The number of sulfonamides is 1. The van der Waals surface area contributed by atoms with Crippen LogP contribution in [0.1, 0.15) is 82.5 Å². The normalized spacial score (nSPS) is 28.0. The monoisotopic (exact) mass is 805 g/mol. The van der Waals surface area contributed by atoms with Gasteiger partial charge in [-0.2, -0.15) is 13.2 Å². The van der Waals surface area contributed by atoms with E-state index in [2.05, 4.69) is 19.7 Å². The van der Waals surface area contributed by atoms with Crippen LogP contribution < -0.4 is 9.46 Å². The number of hydrogen-bond donors (Lipinski definition) is 1. The first-order valence-electron chi connectivity index (χ1n) is 18.1. The molecule has 3 aromatic rings. The van der Waals surface area contributed by atoms with E-state index in [0.717, 1.165) is 41.7 Å². The number of pyridine rings is 1. The van der Waals surface area contributed by atoms with Crippen molar-refractivity contribution in [3.8, 4) is 27.2 Å². The number of fused-ring (bicyclic) bond motifs is 2. The van der Waals surface area contributed by atoms with Crippen molar-refractivity contribution >= 4 is 50.3 Å². The number of carbonyl (C=O) groups is 3. The molecule has 5 atom stereocenters. The molecule has 290 valence electrons. The highest BCUT2D eigenvalue weighted by atomic mass is 32.2. The number of thiazole rings is 2. The minimum absolute atomic E-state index is 0.0511. The lowest BCUT2D eigenvalue weighted by Crippen LogP contribution is -2.47. The summed E-state index contributed by atoms with van der Waals surface area (Å²) in [7, 11) is -2.22. The zero-order valence-corrected chi connectivity index (χ0v) is 32.6. The Hall–Kier alpha value is -3.70. The van der Waals surface area contributed by atoms with Crippen LogP contribution in [0.2, 0.25) is 0 Å². The molecule has 3 saturated carbocycles. The number of aromatic nitrogens is 3. The number of Topliss-reactive ketones (excluding diaryl/α,β-unsaturated/α-hetero) is 1. The Morgan fingerprint density at radius 1 is 1.02 bits per heavy atom. The summed E-state index contributed by atoms with van der Waals surface area (Å²) < 4.78 is 74.4. The molecule has 4 aliphatic rings. The molecule has 0 saturated heterocycles. The summed E-state index contributed by atoms with van der Waals surface area (Å²) in [5.41, 5.74) is -0.960. The van der Waals surface area contributed by atoms with E-state index >= 15 is 0 Å². The van der Waals surface area contributed by atoms with E-state index in [0.29, 0.717) is 55.1 Å². The molecule has 11 nitrogen and oxygen atoms in total. The fourth-order valence-corrected chi connectivity index (χ4v) is 10.4. The van der Waals surface area contributed by atoms with Gasteiger partial charge in [0.15, 0.2) is 5.69 Å². The minimum Gasteiger partial charge on any atom is -0.490 e. The van der Waals surface area contributed by atoms with Gasteiger partial charge in [0.2, 0.25) is 21.8 Å². The van der Waals surface area contributed by atoms with E-state index in [1.807, 2.05) is 24.5 Å². The van der Waals surface area contributed by atoms with Crippen LogP contribution in [0.3, 0.4) is 0 Å². The lowest BCUT2D eigenvalue weighted by atomic mass is 9.72. The van der Waals surface area contributed by atoms with Gasteiger partial charge in [-0.15, -0.1) is 22.7 Å². The summed E-state index contributed by atoms with van der Waals surface area (Å²) in [4.78, 5) is 56.7. The summed E-state index contributed by atoms with van der Waals surface area (Å²) in [5.74, 6) is -2.63. The van der Waals surface area contributed by atoms with Gasteiger partial charge in [-0.1, -0.05) is 12.2 Å². The van der Waals surface area contributed by atoms with E-state index in [9.17, 15) is 36.0 Å². The Balaban J connectivity index is 1.18. The van der Waals surface area contributed by atoms with E-state index in [-0.39, 0.29) is 41.2 Å². The molecule has 0 radical (unpaired) electrons. The standard InChI is InChI=1S/C37H42F3N5O6S3/c1-21-19-52-31(41-21)27-15-24(16-28(42-27)32-43-30(20-53-32)37(38,39)40)51-23-9-10-25-26(14-23)29(46)18-36(34(48)44-54(49,50)35(2)11-12-35)17-22(36)8-6-4-5-7-13-45(3)33(25)47/h6,8,15-16,19-20,22-23,25-26H,4-5,7,9-14,17-18H2,1-3H3,(H,44,48)/b8-6-/t22-,23+,25-,26-,36-/m1/s1. The lowest BCUT2D eigenvalue weighted by Gasteiger charge is -2.37. The average molecular weight is 806 g/mol. The summed E-state index contributed by atoms with van der Waals surface area (Å²) in [6.07, 6.45) is 2.93. The molecule has 3 aliphatic carbocycles. The van der Waals surface area contributed by atoms with Gasteiger partial charge >= 0.3 is 6.18 Å². The maximum absolute atomic E-state index is 14.5. The first-order valence-corrected chi connectivity index (χ1v) is 21.4. The van der Waals surface area contributed by atoms with Crippen LogP contribution in [0.15, 0.2) is 35.0 Å². The molecule has 0 bridgehead atoms. The van der Waals surface area contributed by atoms with Crippen molar-refractivity contribution < 1.29 is 40.7 Å². The number of hydrogen-bond acceptors (Lipinski definition) is 11. The molecule has 4 heterocycles. The number of alkyl halides is 3. The number of halogens is 3. The molecule has 54 heavy (non-hydrogen) atoms. The minimum atomic E-state index is -4.62. The van der Waals surface area contributed by atoms with Gasteiger partial charge in [0.1, 0.15) is 32.9 Å². The van der Waals surface area contributed by atoms with Crippen LogP contribution in [0.4, 0.5) is 13.2 Å². The van der Waals surface area contributed by atoms with Crippen LogP contribution in [0.25, 0.3) is 21.4 Å². The quantitative estimate of drug-likeness (QED) is 0.250. The number of aryl methyl sites for hydroxylation is 1. The maximum Gasteiger partial charge on any atom is 0.434 e. The molecule has 2 amide bonds. The SMILES string of the molecule is Cc1csc(-c2cc(O[C@H]3CC[C@H]4C(=O)N(C)CCCC/C=C\[C@@H]5C[C@@]5(C(=O)NS(=O)(=O)C5(C)CC5)CC(=O)[C@@H]4C3)cc(-c3nc(C(F)(F)F)cs3)n2)n1. The van der Waals surface area contributed by atoms with Gasteiger partial charge in [0, 0.05) is 60.4 Å². The Bertz CT molecular complexity index is 2090. The van der Waals surface area contributed by atoms with Crippen molar-refractivity contribution in [2.24, 2.45) is 23.2 Å². The largest absolute Gasteiger partial charge is 0.490 e. The summed E-state index contributed by atoms with van der Waals surface area (Å²) in [6, 6.07) is 3.17. The highest BCUT2D eigenvalue weighted by molar-refractivity contribution is 7.91. The third-order valence-electron chi connectivity index (χ3n) is 11.3. The summed E-state index contributed by atoms with van der Waals surface area (Å²) in [6.45, 7) is 3.95. The first kappa shape index (κ1) is 38.6. The molecule has 3 aromatic heterocycles. The van der Waals surface area contributed by atoms with Crippen molar-refractivity contribution in [3.05, 3.63) is 46.4 Å². The number of rotatable bonds is 7. The van der Waals surface area contributed by atoms with Gasteiger partial charge in [0.05, 0.1) is 16.3 Å². The number of nitrogens with one attached hydrogen (secondary N) is 1. The number of allylic oxidation sites excluding steroid dienone is 2. The second-order valence-electron chi connectivity index (χ2n) is 15.3. The Labute approximate surface area is 319 Å². The van der Waals surface area contributed by atoms with Gasteiger partial charge in [-0.3, -0.25) is 19.1 Å². The predicted molar refractivity (Wildman–Crippen MR) is 197 cm³/mol. The van der Waals surface area contributed by atoms with Crippen LogP contribution in [-0.2, 0) is 30.6 Å². The van der Waals surface area contributed by atoms with E-state index in [1.54, 1.807) is 24.9 Å². The van der Waals surface area contributed by atoms with Crippen molar-refractivity contribution in [1.29, 1.82) is 0 Å². The van der Waals surface area contributed by atoms with E-state index < -0.39 is 55.9 Å². The molecule has 0 unspecified atom stereocenters. The Morgan fingerprint density at radius 3 is 2.37 bits per heavy atom. The van der Waals surface area contributed by atoms with Crippen LogP contribution in [0, 0.1) is 30.1 Å². The fourth-order valence-electron chi connectivity index (χ4n) is 7.50. The smallest absolute Gasteiger partial charge is 0.434 e. The molecule has 0 spiro atoms. The topological polar surface area (TPSA) is 149 Å². The number of amides is 2. The molecule has 17 heteroatoms. The third-order valence-corrected chi connectivity index (χ3v) is 15.3. The van der Waals surface area contributed by atoms with Gasteiger partial charge in [-0.25, -0.2) is 23.4 Å². The van der Waals surface area contributed by atoms with E-state index in [4.69, 9.17) is 4.74 Å². The second-order valence-corrected chi connectivity index (χ2v) is 19.3. The highest BCUT2D eigenvalue weighted by Gasteiger charge is 2.62. The number of carbonyl (C=O) groups excluding carboxylic acids is 3. The Kier molecular flexibility index (Phi) is 10.3. The van der Waals surface area contributed by atoms with Crippen molar-refractivity contribution in [1.82, 2.24) is 24.6 Å². The molecule has 7 rings (SSSR count). The molecular weight excluding hydrogens is 764 g/mol. The predicted octanol–water partition coefficient (Wildman–Crippen LogP) is 6.98. The molecule has 0 aromatic carbocycles. The van der Waals surface area contributed by atoms with Crippen LogP contribution in [0.5, 0.6) is 5.75 Å². The molecule has 3 fully saturated rings. The number of ether oxygens (including phenoxy) is 1. The van der Waals surface area contributed by atoms with Crippen molar-refractivity contribution in [2.45, 2.75) is 95.1 Å². The highest BCUT2D eigenvalue weighted by Crippen LogP contribution is 2.58. The lowest BCUT2D eigenvalue weighted by molar-refractivity contribution is -0.144. The van der Waals surface area contributed by atoms with Crippen LogP contribution in [-0.4, -0.2) is 70.3 Å². The average Bonchev–Trinajstić information content (AvgIpc) is 3.87. The van der Waals surface area contributed by atoms with E-state index in [1.165, 1.54) is 17.4 Å². The number of ketones is 1. The zero-order chi connectivity index (χ0) is 38.6. The first-order chi connectivity index (χ1) is 25.5. The van der Waals surface area contributed by atoms with Crippen molar-refractivity contribution in [3.63, 3.8) is 0 Å². The third kappa shape index (κ3) is 7.85. The van der Waals surface area contributed by atoms with Gasteiger partial charge in [0.25, 0.3) is 0 Å². The molecule has 1 N–H and O–H groups in total. The van der Waals surface area contributed by atoms with Gasteiger partial charge < -0.3 is 9.64 Å². The maximum atomic E-state index is 14.5.